The number of carbonyl (C=O) groups excluding carboxylic acids is 1. The van der Waals surface area contributed by atoms with Gasteiger partial charge in [-0.25, -0.2) is 4.98 Å². The summed E-state index contributed by atoms with van der Waals surface area (Å²) < 4.78 is 0.673. The topological polar surface area (TPSA) is 45.2 Å². The van der Waals surface area contributed by atoms with Crippen molar-refractivity contribution in [2.24, 2.45) is 5.92 Å². The zero-order valence-corrected chi connectivity index (χ0v) is 13.6. The number of hydrogen-bond donors (Lipinski definition) is 1. The summed E-state index contributed by atoms with van der Waals surface area (Å²) in [6.45, 7) is 5.01. The average Bonchev–Trinajstić information content (AvgIpc) is 2.33. The van der Waals surface area contributed by atoms with Crippen molar-refractivity contribution in [1.82, 2.24) is 15.2 Å². The van der Waals surface area contributed by atoms with E-state index in [9.17, 15) is 4.79 Å². The number of nitrogens with one attached hydrogen (secondary N) is 1. The molecule has 0 aromatic carbocycles. The fourth-order valence-electron chi connectivity index (χ4n) is 1.86. The van der Waals surface area contributed by atoms with Crippen LogP contribution in [0.2, 0.25) is 0 Å². The number of hydrogen-bond acceptors (Lipinski definition) is 3. The van der Waals surface area contributed by atoms with Crippen LogP contribution in [-0.4, -0.2) is 42.5 Å². The van der Waals surface area contributed by atoms with Crippen molar-refractivity contribution in [2.45, 2.75) is 26.3 Å². The lowest BCUT2D eigenvalue weighted by Gasteiger charge is -2.26. The zero-order valence-electron chi connectivity index (χ0n) is 12.0. The molecule has 0 saturated heterocycles. The highest BCUT2D eigenvalue weighted by Crippen LogP contribution is 2.09. The number of nitrogens with zero attached hydrogens (tertiary/aromatic N) is 2. The van der Waals surface area contributed by atoms with Crippen molar-refractivity contribution in [3.05, 3.63) is 28.5 Å². The molecule has 0 aliphatic carbocycles. The van der Waals surface area contributed by atoms with E-state index in [2.05, 4.69) is 45.0 Å². The summed E-state index contributed by atoms with van der Waals surface area (Å²) >= 11 is 3.27. The normalized spacial score (nSPS) is 12.8. The monoisotopic (exact) mass is 327 g/mol. The van der Waals surface area contributed by atoms with Crippen LogP contribution in [0.3, 0.4) is 0 Å². The number of aromatic nitrogens is 1. The van der Waals surface area contributed by atoms with E-state index >= 15 is 0 Å². The Kier molecular flexibility index (Phi) is 6.45. The number of rotatable bonds is 6. The molecule has 0 aliphatic rings. The Morgan fingerprint density at radius 1 is 1.42 bits per heavy atom. The summed E-state index contributed by atoms with van der Waals surface area (Å²) in [5.74, 6) is 0.477. The van der Waals surface area contributed by atoms with Gasteiger partial charge in [-0.3, -0.25) is 4.79 Å². The lowest BCUT2D eigenvalue weighted by atomic mass is 10.0. The van der Waals surface area contributed by atoms with Gasteiger partial charge < -0.3 is 10.2 Å². The third-order valence-electron chi connectivity index (χ3n) is 2.92. The molecule has 1 aromatic heterocycles. The largest absolute Gasteiger partial charge is 0.349 e. The summed E-state index contributed by atoms with van der Waals surface area (Å²) in [7, 11) is 4.08. The summed E-state index contributed by atoms with van der Waals surface area (Å²) in [5, 5.41) is 2.95. The van der Waals surface area contributed by atoms with Crippen molar-refractivity contribution >= 4 is 21.8 Å². The second-order valence-electron chi connectivity index (χ2n) is 5.30. The Bertz CT molecular complexity index is 421. The van der Waals surface area contributed by atoms with Gasteiger partial charge in [0, 0.05) is 12.6 Å². The molecule has 106 valence electrons. The van der Waals surface area contributed by atoms with Crippen molar-refractivity contribution in [3.8, 4) is 0 Å². The predicted molar refractivity (Wildman–Crippen MR) is 81.2 cm³/mol. The summed E-state index contributed by atoms with van der Waals surface area (Å²) in [4.78, 5) is 18.3. The molecule has 0 radical (unpaired) electrons. The molecule has 0 bridgehead atoms. The number of carbonyl (C=O) groups is 1. The minimum atomic E-state index is -0.128. The molecule has 0 fully saturated rings. The number of pyridine rings is 1. The van der Waals surface area contributed by atoms with Crippen LogP contribution < -0.4 is 5.32 Å². The van der Waals surface area contributed by atoms with Gasteiger partial charge in [0.2, 0.25) is 0 Å². The van der Waals surface area contributed by atoms with Crippen LogP contribution in [-0.2, 0) is 0 Å². The van der Waals surface area contributed by atoms with Gasteiger partial charge in [0.15, 0.2) is 0 Å². The minimum absolute atomic E-state index is 0.128. The Labute approximate surface area is 123 Å². The summed E-state index contributed by atoms with van der Waals surface area (Å²) in [5.41, 5.74) is 0.441. The first kappa shape index (κ1) is 16.1. The van der Waals surface area contributed by atoms with Gasteiger partial charge >= 0.3 is 0 Å². The third-order valence-corrected chi connectivity index (χ3v) is 3.36. The van der Waals surface area contributed by atoms with Gasteiger partial charge in [-0.1, -0.05) is 19.9 Å². The molecule has 1 rings (SSSR count). The minimum Gasteiger partial charge on any atom is -0.349 e. The van der Waals surface area contributed by atoms with Gasteiger partial charge in [-0.05, 0) is 54.5 Å². The van der Waals surface area contributed by atoms with E-state index in [0.717, 1.165) is 6.42 Å². The van der Waals surface area contributed by atoms with E-state index in [4.69, 9.17) is 0 Å². The molecule has 0 aliphatic heterocycles. The number of halogens is 1. The molecular formula is C14H22BrN3O. The molecule has 5 heteroatoms. The lowest BCUT2D eigenvalue weighted by molar-refractivity contribution is 0.0933. The van der Waals surface area contributed by atoms with Crippen LogP contribution in [0.5, 0.6) is 0 Å². The van der Waals surface area contributed by atoms with E-state index in [0.29, 0.717) is 28.8 Å². The van der Waals surface area contributed by atoms with Crippen LogP contribution >= 0.6 is 15.9 Å². The molecule has 1 heterocycles. The molecule has 1 N–H and O–H groups in total. The SMILES string of the molecule is CC(C)CC(CNC(=O)c1cccc(Br)n1)N(C)C. The maximum absolute atomic E-state index is 12.0. The molecule has 1 atom stereocenters. The van der Waals surface area contributed by atoms with Crippen LogP contribution in [0.4, 0.5) is 0 Å². The first-order chi connectivity index (χ1) is 8.90. The van der Waals surface area contributed by atoms with Gasteiger partial charge in [-0.15, -0.1) is 0 Å². The van der Waals surface area contributed by atoms with Crippen molar-refractivity contribution in [3.63, 3.8) is 0 Å². The standard InChI is InChI=1S/C14H22BrN3O/c1-10(2)8-11(18(3)4)9-16-14(19)12-6-5-7-13(15)17-12/h5-7,10-11H,8-9H2,1-4H3,(H,16,19). The molecule has 19 heavy (non-hydrogen) atoms. The fourth-order valence-corrected chi connectivity index (χ4v) is 2.20. The van der Waals surface area contributed by atoms with Gasteiger partial charge in [-0.2, -0.15) is 0 Å². The Morgan fingerprint density at radius 3 is 2.63 bits per heavy atom. The second-order valence-corrected chi connectivity index (χ2v) is 6.12. The van der Waals surface area contributed by atoms with Crippen molar-refractivity contribution in [1.29, 1.82) is 0 Å². The Hall–Kier alpha value is -0.940. The van der Waals surface area contributed by atoms with E-state index in [1.54, 1.807) is 12.1 Å². The van der Waals surface area contributed by atoms with E-state index in [1.165, 1.54) is 0 Å². The smallest absolute Gasteiger partial charge is 0.269 e. The molecule has 1 unspecified atom stereocenters. The number of amides is 1. The Balaban J connectivity index is 2.57. The van der Waals surface area contributed by atoms with Gasteiger partial charge in [0.05, 0.1) is 0 Å². The first-order valence-electron chi connectivity index (χ1n) is 6.47. The zero-order chi connectivity index (χ0) is 14.4. The maximum Gasteiger partial charge on any atom is 0.269 e. The highest BCUT2D eigenvalue weighted by atomic mass is 79.9. The van der Waals surface area contributed by atoms with Crippen LogP contribution in [0.15, 0.2) is 22.8 Å². The molecule has 0 saturated carbocycles. The van der Waals surface area contributed by atoms with Crippen LogP contribution in [0.1, 0.15) is 30.8 Å². The first-order valence-corrected chi connectivity index (χ1v) is 7.26. The van der Waals surface area contributed by atoms with Crippen LogP contribution in [0, 0.1) is 5.92 Å². The summed E-state index contributed by atoms with van der Waals surface area (Å²) in [6, 6.07) is 5.67. The second kappa shape index (κ2) is 7.60. The van der Waals surface area contributed by atoms with E-state index < -0.39 is 0 Å². The highest BCUT2D eigenvalue weighted by Gasteiger charge is 2.15. The fraction of sp³-hybridized carbons (Fsp3) is 0.571. The Morgan fingerprint density at radius 2 is 2.11 bits per heavy atom. The van der Waals surface area contributed by atoms with Gasteiger partial charge in [0.1, 0.15) is 10.3 Å². The van der Waals surface area contributed by atoms with Crippen LogP contribution in [0.25, 0.3) is 0 Å². The summed E-state index contributed by atoms with van der Waals surface area (Å²) in [6.07, 6.45) is 1.05. The molecular weight excluding hydrogens is 306 g/mol. The highest BCUT2D eigenvalue weighted by molar-refractivity contribution is 9.10. The van der Waals surface area contributed by atoms with Crippen molar-refractivity contribution in [2.75, 3.05) is 20.6 Å². The third kappa shape index (κ3) is 5.70. The molecule has 1 aromatic rings. The average molecular weight is 328 g/mol. The molecule has 4 nitrogen and oxygen atoms in total. The molecule has 1 amide bonds. The molecule has 0 spiro atoms. The number of likely N-dealkylation sites (N-methyl/N-ethyl adjacent to an activating group) is 1. The lowest BCUT2D eigenvalue weighted by Crippen LogP contribution is -2.41. The quantitative estimate of drug-likeness (QED) is 0.817. The maximum atomic E-state index is 12.0. The van der Waals surface area contributed by atoms with E-state index in [-0.39, 0.29) is 5.91 Å². The van der Waals surface area contributed by atoms with E-state index in [1.807, 2.05) is 20.2 Å². The van der Waals surface area contributed by atoms with Gasteiger partial charge in [0.25, 0.3) is 5.91 Å². The van der Waals surface area contributed by atoms with Crippen molar-refractivity contribution < 1.29 is 4.79 Å². The predicted octanol–water partition coefficient (Wildman–Crippen LogP) is 2.55.